The summed E-state index contributed by atoms with van der Waals surface area (Å²) in [5.74, 6) is 1.97. The molecule has 0 aliphatic rings. The smallest absolute Gasteiger partial charge is 0.164 e. The molecule has 228 valence electrons. The number of rotatable bonds is 4. The maximum Gasteiger partial charge on any atom is 0.164 e. The molecule has 0 unspecified atom stereocenters. The third-order valence-corrected chi connectivity index (χ3v) is 10.7. The predicted octanol–water partition coefficient (Wildman–Crippen LogP) is 12.4. The molecule has 10 rings (SSSR count). The second-order valence-corrected chi connectivity index (χ2v) is 13.4. The zero-order chi connectivity index (χ0) is 32.3. The maximum atomic E-state index is 4.99. The van der Waals surface area contributed by atoms with Crippen molar-refractivity contribution < 1.29 is 0 Å². The van der Waals surface area contributed by atoms with Gasteiger partial charge in [-0.25, -0.2) is 15.0 Å². The van der Waals surface area contributed by atoms with Crippen molar-refractivity contribution in [3.8, 4) is 45.3 Å². The van der Waals surface area contributed by atoms with E-state index >= 15 is 0 Å². The minimum atomic E-state index is 0.652. The summed E-state index contributed by atoms with van der Waals surface area (Å²) in [5, 5.41) is 10.3. The summed E-state index contributed by atoms with van der Waals surface area (Å²) in [6, 6.07) is 58.0. The molecular formula is C45H27N3S. The first kappa shape index (κ1) is 27.8. The number of thiophene rings is 1. The largest absolute Gasteiger partial charge is 0.208 e. The fourth-order valence-corrected chi connectivity index (χ4v) is 8.44. The fraction of sp³-hybridized carbons (Fsp3) is 0. The molecule has 0 atom stereocenters. The summed E-state index contributed by atoms with van der Waals surface area (Å²) >= 11 is 1.89. The van der Waals surface area contributed by atoms with E-state index in [-0.39, 0.29) is 0 Å². The van der Waals surface area contributed by atoms with Crippen molar-refractivity contribution in [1.29, 1.82) is 0 Å². The normalized spacial score (nSPS) is 11.7. The lowest BCUT2D eigenvalue weighted by Gasteiger charge is -2.13. The summed E-state index contributed by atoms with van der Waals surface area (Å²) < 4.78 is 2.66. The monoisotopic (exact) mass is 641 g/mol. The Bertz CT molecular complexity index is 2820. The predicted molar refractivity (Wildman–Crippen MR) is 207 cm³/mol. The van der Waals surface area contributed by atoms with Crippen LogP contribution in [0.25, 0.3) is 97.8 Å². The Hall–Kier alpha value is -6.23. The van der Waals surface area contributed by atoms with E-state index in [1.165, 1.54) is 52.5 Å². The van der Waals surface area contributed by atoms with E-state index < -0.39 is 0 Å². The lowest BCUT2D eigenvalue weighted by molar-refractivity contribution is 1.07. The highest BCUT2D eigenvalue weighted by molar-refractivity contribution is 7.26. The van der Waals surface area contributed by atoms with E-state index in [0.717, 1.165) is 27.8 Å². The average Bonchev–Trinajstić information content (AvgIpc) is 3.57. The van der Waals surface area contributed by atoms with E-state index in [1.54, 1.807) is 0 Å². The number of hydrogen-bond acceptors (Lipinski definition) is 4. The molecule has 0 radical (unpaired) electrons. The van der Waals surface area contributed by atoms with Crippen LogP contribution in [-0.2, 0) is 0 Å². The molecule has 0 bridgehead atoms. The lowest BCUT2D eigenvalue weighted by Crippen LogP contribution is -2.00. The average molecular weight is 642 g/mol. The van der Waals surface area contributed by atoms with Gasteiger partial charge in [0.25, 0.3) is 0 Å². The van der Waals surface area contributed by atoms with Crippen molar-refractivity contribution in [3.05, 3.63) is 164 Å². The van der Waals surface area contributed by atoms with E-state index in [9.17, 15) is 0 Å². The van der Waals surface area contributed by atoms with Gasteiger partial charge in [0.1, 0.15) is 0 Å². The second kappa shape index (κ2) is 11.2. The molecule has 0 amide bonds. The van der Waals surface area contributed by atoms with Crippen LogP contribution in [-0.4, -0.2) is 15.0 Å². The Kier molecular flexibility index (Phi) is 6.36. The SMILES string of the molecule is c1ccc(-c2nc(-c3ccccc3)nc(-c3cccc(-c4ccc5c6ccccc6c6ccc7c8ccccc8sc7c6c5c4)c3)n2)cc1. The van der Waals surface area contributed by atoms with Crippen molar-refractivity contribution in [1.82, 2.24) is 15.0 Å². The topological polar surface area (TPSA) is 38.7 Å². The van der Waals surface area contributed by atoms with Crippen LogP contribution in [0.15, 0.2) is 164 Å². The zero-order valence-corrected chi connectivity index (χ0v) is 27.2. The number of nitrogens with zero attached hydrogens (tertiary/aromatic N) is 3. The van der Waals surface area contributed by atoms with E-state index in [4.69, 9.17) is 15.0 Å². The Morgan fingerprint density at radius 2 is 0.796 bits per heavy atom. The van der Waals surface area contributed by atoms with Crippen LogP contribution >= 0.6 is 11.3 Å². The molecular weight excluding hydrogens is 615 g/mol. The number of hydrogen-bond donors (Lipinski definition) is 0. The Morgan fingerprint density at radius 1 is 0.306 bits per heavy atom. The molecule has 2 aromatic heterocycles. The van der Waals surface area contributed by atoms with Gasteiger partial charge >= 0.3 is 0 Å². The van der Waals surface area contributed by atoms with Crippen LogP contribution in [0.3, 0.4) is 0 Å². The summed E-state index contributed by atoms with van der Waals surface area (Å²) in [6.07, 6.45) is 0. The first-order valence-corrected chi connectivity index (χ1v) is 17.3. The van der Waals surface area contributed by atoms with E-state index in [2.05, 4.69) is 103 Å². The van der Waals surface area contributed by atoms with Crippen molar-refractivity contribution in [2.75, 3.05) is 0 Å². The Labute approximate surface area is 286 Å². The number of benzene rings is 8. The highest BCUT2D eigenvalue weighted by Crippen LogP contribution is 2.45. The first-order valence-electron chi connectivity index (χ1n) is 16.4. The third kappa shape index (κ3) is 4.61. The summed E-state index contributed by atoms with van der Waals surface area (Å²) in [6.45, 7) is 0. The van der Waals surface area contributed by atoms with Gasteiger partial charge in [0.15, 0.2) is 17.5 Å². The molecule has 2 heterocycles. The molecule has 0 spiro atoms. The number of aromatic nitrogens is 3. The molecule has 0 fully saturated rings. The minimum Gasteiger partial charge on any atom is -0.208 e. The molecule has 0 saturated heterocycles. The third-order valence-electron chi connectivity index (χ3n) is 9.50. The highest BCUT2D eigenvalue weighted by atomic mass is 32.1. The standard InChI is InChI=1S/C45H27N3S/c1-3-12-28(13-4-1)43-46-44(29-14-5-2-6-15-29)48-45(47-43)32-17-11-16-30(26-32)31-22-23-35-33-18-7-8-19-34(33)37-24-25-38-36-20-9-10-21-40(36)49-42(38)41(37)39(35)27-31/h1-27H. The molecule has 0 aliphatic heterocycles. The minimum absolute atomic E-state index is 0.652. The first-order chi connectivity index (χ1) is 24.3. The van der Waals surface area contributed by atoms with Crippen LogP contribution < -0.4 is 0 Å². The Balaban J connectivity index is 1.19. The molecule has 3 nitrogen and oxygen atoms in total. The van der Waals surface area contributed by atoms with Crippen LogP contribution in [0.2, 0.25) is 0 Å². The van der Waals surface area contributed by atoms with Crippen LogP contribution in [0.5, 0.6) is 0 Å². The molecule has 0 saturated carbocycles. The quantitative estimate of drug-likeness (QED) is 0.180. The molecule has 0 aliphatic carbocycles. The summed E-state index contributed by atoms with van der Waals surface area (Å²) in [7, 11) is 0. The fourth-order valence-electron chi connectivity index (χ4n) is 7.17. The van der Waals surface area contributed by atoms with Gasteiger partial charge in [0, 0.05) is 42.2 Å². The van der Waals surface area contributed by atoms with Gasteiger partial charge in [0.05, 0.1) is 0 Å². The molecule has 4 heteroatoms. The van der Waals surface area contributed by atoms with Gasteiger partial charge in [-0.1, -0.05) is 146 Å². The van der Waals surface area contributed by atoms with Gasteiger partial charge in [-0.15, -0.1) is 11.3 Å². The van der Waals surface area contributed by atoms with Crippen molar-refractivity contribution in [2.45, 2.75) is 0 Å². The van der Waals surface area contributed by atoms with Crippen LogP contribution in [0.4, 0.5) is 0 Å². The molecule has 49 heavy (non-hydrogen) atoms. The molecule has 8 aromatic carbocycles. The highest BCUT2D eigenvalue weighted by Gasteiger charge is 2.17. The molecule has 0 N–H and O–H groups in total. The van der Waals surface area contributed by atoms with Crippen molar-refractivity contribution >= 4 is 63.8 Å². The summed E-state index contributed by atoms with van der Waals surface area (Å²) in [4.78, 5) is 14.9. The van der Waals surface area contributed by atoms with Gasteiger partial charge in [-0.2, -0.15) is 0 Å². The van der Waals surface area contributed by atoms with Crippen molar-refractivity contribution in [2.24, 2.45) is 0 Å². The van der Waals surface area contributed by atoms with Gasteiger partial charge in [0.2, 0.25) is 0 Å². The zero-order valence-electron chi connectivity index (χ0n) is 26.3. The maximum absolute atomic E-state index is 4.99. The van der Waals surface area contributed by atoms with E-state index in [0.29, 0.717) is 17.5 Å². The molecule has 10 aromatic rings. The van der Waals surface area contributed by atoms with Crippen LogP contribution in [0.1, 0.15) is 0 Å². The van der Waals surface area contributed by atoms with Crippen LogP contribution in [0, 0.1) is 0 Å². The summed E-state index contributed by atoms with van der Waals surface area (Å²) in [5.41, 5.74) is 5.14. The lowest BCUT2D eigenvalue weighted by atomic mass is 9.91. The van der Waals surface area contributed by atoms with Crippen molar-refractivity contribution in [3.63, 3.8) is 0 Å². The second-order valence-electron chi connectivity index (χ2n) is 12.4. The number of fused-ring (bicyclic) bond motifs is 10. The Morgan fingerprint density at radius 3 is 1.51 bits per heavy atom. The van der Waals surface area contributed by atoms with E-state index in [1.807, 2.05) is 72.0 Å². The van der Waals surface area contributed by atoms with Gasteiger partial charge in [-0.05, 0) is 56.3 Å². The van der Waals surface area contributed by atoms with Gasteiger partial charge in [-0.3, -0.25) is 0 Å². The van der Waals surface area contributed by atoms with Gasteiger partial charge < -0.3 is 0 Å².